The summed E-state index contributed by atoms with van der Waals surface area (Å²) in [6.07, 6.45) is 0.456. The van der Waals surface area contributed by atoms with Crippen molar-refractivity contribution in [3.63, 3.8) is 0 Å². The first-order valence-corrected chi connectivity index (χ1v) is 5.63. The van der Waals surface area contributed by atoms with Crippen LogP contribution in [0.4, 0.5) is 10.3 Å². The molecule has 6 nitrogen and oxygen atoms in total. The molecule has 0 bridgehead atoms. The number of aromatic nitrogens is 2. The number of carbonyl (C=O) groups excluding carboxylic acids is 2. The van der Waals surface area contributed by atoms with Crippen LogP contribution in [0.5, 0.6) is 0 Å². The predicted octanol–water partition coefficient (Wildman–Crippen LogP) is 0.912. The summed E-state index contributed by atoms with van der Waals surface area (Å²) in [7, 11) is 1.64. The van der Waals surface area contributed by atoms with E-state index in [1.165, 1.54) is 30.1 Å². The molecule has 1 aromatic rings. The molecular formula is C9H14N4O2S. The highest BCUT2D eigenvalue weighted by Crippen LogP contribution is 2.22. The maximum absolute atomic E-state index is 11.1. The van der Waals surface area contributed by atoms with E-state index >= 15 is 0 Å². The van der Waals surface area contributed by atoms with E-state index in [1.54, 1.807) is 7.05 Å². The van der Waals surface area contributed by atoms with Crippen LogP contribution in [-0.4, -0.2) is 35.5 Å². The minimum absolute atomic E-state index is 0.0913. The Morgan fingerprint density at radius 2 is 2.06 bits per heavy atom. The van der Waals surface area contributed by atoms with Gasteiger partial charge in [-0.15, -0.1) is 10.2 Å². The highest BCUT2D eigenvalue weighted by atomic mass is 32.1. The van der Waals surface area contributed by atoms with Crippen molar-refractivity contribution in [2.45, 2.75) is 20.3 Å². The van der Waals surface area contributed by atoms with E-state index < -0.39 is 0 Å². The Bertz CT molecular complexity index is 391. The van der Waals surface area contributed by atoms with Gasteiger partial charge in [-0.05, 0) is 6.92 Å². The molecule has 0 aliphatic rings. The van der Waals surface area contributed by atoms with Crippen LogP contribution in [-0.2, 0) is 9.59 Å². The normalized spacial score (nSPS) is 9.94. The Kier molecular flexibility index (Phi) is 4.36. The van der Waals surface area contributed by atoms with Gasteiger partial charge >= 0.3 is 0 Å². The molecule has 1 N–H and O–H groups in total. The van der Waals surface area contributed by atoms with Gasteiger partial charge in [0.25, 0.3) is 0 Å². The zero-order valence-corrected chi connectivity index (χ0v) is 10.3. The van der Waals surface area contributed by atoms with E-state index in [0.717, 1.165) is 0 Å². The maximum atomic E-state index is 11.1. The lowest BCUT2D eigenvalue weighted by atomic mass is 10.3. The predicted molar refractivity (Wildman–Crippen MR) is 62.8 cm³/mol. The van der Waals surface area contributed by atoms with Gasteiger partial charge in [-0.3, -0.25) is 14.5 Å². The molecule has 1 amide bonds. The number of Topliss-reactive ketones (excluding diaryl/α,β-unsaturated/α-hetero) is 1. The quantitative estimate of drug-likeness (QED) is 0.830. The molecule has 88 valence electrons. The Hall–Kier alpha value is -1.50. The number of ketones is 1. The van der Waals surface area contributed by atoms with E-state index in [1.807, 2.05) is 0 Å². The maximum Gasteiger partial charge on any atom is 0.225 e. The molecule has 1 rings (SSSR count). The molecule has 1 aromatic heterocycles. The lowest BCUT2D eigenvalue weighted by molar-refractivity contribution is -0.117. The second kappa shape index (κ2) is 5.55. The lowest BCUT2D eigenvalue weighted by Crippen LogP contribution is -2.22. The van der Waals surface area contributed by atoms with E-state index in [9.17, 15) is 9.59 Å². The van der Waals surface area contributed by atoms with Crippen molar-refractivity contribution in [1.29, 1.82) is 0 Å². The topological polar surface area (TPSA) is 75.2 Å². The summed E-state index contributed by atoms with van der Waals surface area (Å²) in [6, 6.07) is 0. The van der Waals surface area contributed by atoms with Gasteiger partial charge in [0, 0.05) is 26.9 Å². The van der Waals surface area contributed by atoms with Crippen molar-refractivity contribution in [3.05, 3.63) is 0 Å². The van der Waals surface area contributed by atoms with E-state index in [4.69, 9.17) is 0 Å². The van der Waals surface area contributed by atoms with E-state index in [2.05, 4.69) is 15.5 Å². The molecule has 0 fully saturated rings. The minimum atomic E-state index is -0.0913. The first-order valence-electron chi connectivity index (χ1n) is 4.82. The SMILES string of the molecule is CC(=O)CCNc1nnc(N(C)C(C)=O)s1. The van der Waals surface area contributed by atoms with Crippen LogP contribution in [0.1, 0.15) is 20.3 Å². The fraction of sp³-hybridized carbons (Fsp3) is 0.556. The molecular weight excluding hydrogens is 228 g/mol. The molecule has 0 unspecified atom stereocenters. The van der Waals surface area contributed by atoms with Crippen LogP contribution in [0.25, 0.3) is 0 Å². The molecule has 0 spiro atoms. The number of anilines is 2. The van der Waals surface area contributed by atoms with Gasteiger partial charge in [0.05, 0.1) is 0 Å². The summed E-state index contributed by atoms with van der Waals surface area (Å²) >= 11 is 1.28. The Morgan fingerprint density at radius 3 is 2.62 bits per heavy atom. The third-order valence-electron chi connectivity index (χ3n) is 1.93. The van der Waals surface area contributed by atoms with Gasteiger partial charge < -0.3 is 5.32 Å². The van der Waals surface area contributed by atoms with Crippen molar-refractivity contribution < 1.29 is 9.59 Å². The first-order chi connectivity index (χ1) is 7.50. The van der Waals surface area contributed by atoms with Crippen molar-refractivity contribution in [1.82, 2.24) is 10.2 Å². The van der Waals surface area contributed by atoms with E-state index in [0.29, 0.717) is 23.2 Å². The third-order valence-corrected chi connectivity index (χ3v) is 2.88. The largest absolute Gasteiger partial charge is 0.360 e. The summed E-state index contributed by atoms with van der Waals surface area (Å²) in [5.74, 6) is 0.0320. The highest BCUT2D eigenvalue weighted by Gasteiger charge is 2.11. The molecule has 0 radical (unpaired) electrons. The van der Waals surface area contributed by atoms with Gasteiger partial charge in [0.2, 0.25) is 16.2 Å². The summed E-state index contributed by atoms with van der Waals surface area (Å²) in [4.78, 5) is 23.2. The van der Waals surface area contributed by atoms with Crippen molar-refractivity contribution >= 4 is 33.3 Å². The smallest absolute Gasteiger partial charge is 0.225 e. The number of amides is 1. The first kappa shape index (κ1) is 12.6. The summed E-state index contributed by atoms with van der Waals surface area (Å²) in [6.45, 7) is 3.54. The third kappa shape index (κ3) is 3.58. The monoisotopic (exact) mass is 242 g/mol. The van der Waals surface area contributed by atoms with Crippen LogP contribution < -0.4 is 10.2 Å². The molecule has 0 aliphatic carbocycles. The fourth-order valence-electron chi connectivity index (χ4n) is 0.903. The van der Waals surface area contributed by atoms with Gasteiger partial charge in [-0.25, -0.2) is 0 Å². The van der Waals surface area contributed by atoms with Gasteiger partial charge in [-0.2, -0.15) is 0 Å². The number of hydrogen-bond donors (Lipinski definition) is 1. The summed E-state index contributed by atoms with van der Waals surface area (Å²) in [5, 5.41) is 11.9. The number of rotatable bonds is 5. The lowest BCUT2D eigenvalue weighted by Gasteiger charge is -2.08. The molecule has 1 heterocycles. The van der Waals surface area contributed by atoms with Crippen molar-refractivity contribution in [2.24, 2.45) is 0 Å². The standard InChI is InChI=1S/C9H14N4O2S/c1-6(14)4-5-10-8-11-12-9(16-8)13(3)7(2)15/h4-5H2,1-3H3,(H,10,11). The molecule has 7 heteroatoms. The molecule has 0 saturated carbocycles. The average molecular weight is 242 g/mol. The molecule has 0 atom stereocenters. The molecule has 0 aromatic carbocycles. The fourth-order valence-corrected chi connectivity index (χ4v) is 1.68. The van der Waals surface area contributed by atoms with Crippen LogP contribution >= 0.6 is 11.3 Å². The molecule has 0 saturated heterocycles. The van der Waals surface area contributed by atoms with Crippen molar-refractivity contribution in [3.8, 4) is 0 Å². The molecule has 0 aliphatic heterocycles. The zero-order valence-electron chi connectivity index (χ0n) is 9.48. The number of carbonyl (C=O) groups is 2. The Morgan fingerprint density at radius 1 is 1.38 bits per heavy atom. The minimum Gasteiger partial charge on any atom is -0.360 e. The summed E-state index contributed by atoms with van der Waals surface area (Å²) in [5.41, 5.74) is 0. The number of nitrogens with zero attached hydrogens (tertiary/aromatic N) is 3. The number of hydrogen-bond acceptors (Lipinski definition) is 6. The number of nitrogens with one attached hydrogen (secondary N) is 1. The highest BCUT2D eigenvalue weighted by molar-refractivity contribution is 7.19. The summed E-state index contributed by atoms with van der Waals surface area (Å²) < 4.78 is 0. The van der Waals surface area contributed by atoms with Crippen LogP contribution in [0.2, 0.25) is 0 Å². The van der Waals surface area contributed by atoms with Crippen LogP contribution in [0, 0.1) is 0 Å². The van der Waals surface area contributed by atoms with Gasteiger partial charge in [-0.1, -0.05) is 11.3 Å². The van der Waals surface area contributed by atoms with Crippen LogP contribution in [0.3, 0.4) is 0 Å². The second-order valence-electron chi connectivity index (χ2n) is 3.35. The average Bonchev–Trinajstić information content (AvgIpc) is 2.64. The molecule has 16 heavy (non-hydrogen) atoms. The van der Waals surface area contributed by atoms with Gasteiger partial charge in [0.1, 0.15) is 5.78 Å². The van der Waals surface area contributed by atoms with E-state index in [-0.39, 0.29) is 11.7 Å². The van der Waals surface area contributed by atoms with Crippen molar-refractivity contribution in [2.75, 3.05) is 23.8 Å². The second-order valence-corrected chi connectivity index (χ2v) is 4.30. The van der Waals surface area contributed by atoms with Crippen LogP contribution in [0.15, 0.2) is 0 Å². The van der Waals surface area contributed by atoms with Gasteiger partial charge in [0.15, 0.2) is 0 Å². The Labute approximate surface area is 97.7 Å². The zero-order chi connectivity index (χ0) is 12.1. The Balaban J connectivity index is 2.51.